The van der Waals surface area contributed by atoms with Gasteiger partial charge < -0.3 is 5.43 Å². The second-order valence-electron chi connectivity index (χ2n) is 5.91. The van der Waals surface area contributed by atoms with Crippen molar-refractivity contribution < 1.29 is 0 Å². The van der Waals surface area contributed by atoms with Crippen LogP contribution in [0.3, 0.4) is 0 Å². The molecule has 2 aromatic carbocycles. The molecule has 0 heterocycles. The minimum Gasteiger partial charge on any atom is -0.323 e. The van der Waals surface area contributed by atoms with Crippen molar-refractivity contribution in [1.29, 1.82) is 0 Å². The van der Waals surface area contributed by atoms with E-state index in [9.17, 15) is 0 Å². The molecule has 3 heteroatoms. The van der Waals surface area contributed by atoms with Crippen molar-refractivity contribution in [3.63, 3.8) is 0 Å². The first-order valence-electron chi connectivity index (χ1n) is 7.79. The van der Waals surface area contributed by atoms with E-state index in [1.54, 1.807) is 0 Å². The number of aliphatic imine (C=N–C) groups is 1. The van der Waals surface area contributed by atoms with Gasteiger partial charge in [-0.2, -0.15) is 0 Å². The lowest BCUT2D eigenvalue weighted by Crippen LogP contribution is -2.29. The summed E-state index contributed by atoms with van der Waals surface area (Å²) >= 11 is 0. The Kier molecular flexibility index (Phi) is 5.72. The number of rotatable bonds is 5. The lowest BCUT2D eigenvalue weighted by atomic mass is 10.0. The molecule has 0 fully saturated rings. The van der Waals surface area contributed by atoms with Gasteiger partial charge >= 0.3 is 0 Å². The summed E-state index contributed by atoms with van der Waals surface area (Å²) < 4.78 is 0. The van der Waals surface area contributed by atoms with Crippen LogP contribution in [0, 0.1) is 13.8 Å². The molecule has 120 valence electrons. The maximum Gasteiger partial charge on any atom is 0.0688 e. The van der Waals surface area contributed by atoms with E-state index in [1.165, 1.54) is 11.1 Å². The number of hydrogen-bond donors (Lipinski definition) is 1. The standard InChI is InChI=1S/C20H25N3/c1-15-10-9-11-16(2)20(15)21-14-19(17(3)22-23(4)5)18-12-7-6-8-13-18/h6-14,22H,1-5H3/b19-17+,21-14?. The highest BCUT2D eigenvalue weighted by Crippen LogP contribution is 2.24. The van der Waals surface area contributed by atoms with E-state index in [-0.39, 0.29) is 0 Å². The number of nitrogens with zero attached hydrogens (tertiary/aromatic N) is 2. The third kappa shape index (κ3) is 4.54. The Hall–Kier alpha value is -2.39. The van der Waals surface area contributed by atoms with Gasteiger partial charge in [-0.1, -0.05) is 48.5 Å². The third-order valence-corrected chi connectivity index (χ3v) is 3.64. The molecule has 0 atom stereocenters. The molecule has 0 saturated carbocycles. The Labute approximate surface area is 139 Å². The fraction of sp³-hybridized carbons (Fsp3) is 0.250. The summed E-state index contributed by atoms with van der Waals surface area (Å²) in [5.74, 6) is 0. The van der Waals surface area contributed by atoms with Crippen molar-refractivity contribution in [2.45, 2.75) is 20.8 Å². The molecule has 0 unspecified atom stereocenters. The summed E-state index contributed by atoms with van der Waals surface area (Å²) in [6.45, 7) is 6.26. The summed E-state index contributed by atoms with van der Waals surface area (Å²) in [7, 11) is 3.96. The molecule has 0 radical (unpaired) electrons. The van der Waals surface area contributed by atoms with Gasteiger partial charge in [-0.15, -0.1) is 0 Å². The summed E-state index contributed by atoms with van der Waals surface area (Å²) in [6.07, 6.45) is 1.95. The average Bonchev–Trinajstić information content (AvgIpc) is 2.50. The maximum atomic E-state index is 4.77. The fourth-order valence-electron chi connectivity index (χ4n) is 2.54. The summed E-state index contributed by atoms with van der Waals surface area (Å²) in [5.41, 5.74) is 10.0. The Balaban J connectivity index is 2.45. The molecule has 23 heavy (non-hydrogen) atoms. The highest BCUT2D eigenvalue weighted by molar-refractivity contribution is 6.11. The number of hydrazine groups is 1. The average molecular weight is 307 g/mol. The van der Waals surface area contributed by atoms with Gasteiger partial charge in [0.25, 0.3) is 0 Å². The topological polar surface area (TPSA) is 27.6 Å². The molecular weight excluding hydrogens is 282 g/mol. The van der Waals surface area contributed by atoms with Gasteiger partial charge in [-0.3, -0.25) is 4.99 Å². The number of benzene rings is 2. The molecule has 0 aliphatic heterocycles. The van der Waals surface area contributed by atoms with Crippen LogP contribution in [0.25, 0.3) is 5.57 Å². The first-order chi connectivity index (χ1) is 11.0. The summed E-state index contributed by atoms with van der Waals surface area (Å²) in [6, 6.07) is 16.6. The zero-order valence-corrected chi connectivity index (χ0v) is 14.6. The Morgan fingerprint density at radius 2 is 1.57 bits per heavy atom. The first kappa shape index (κ1) is 17.0. The number of para-hydroxylation sites is 1. The molecule has 0 aromatic heterocycles. The van der Waals surface area contributed by atoms with Crippen LogP contribution in [0.1, 0.15) is 23.6 Å². The van der Waals surface area contributed by atoms with E-state index in [2.05, 4.69) is 56.5 Å². The van der Waals surface area contributed by atoms with Gasteiger partial charge in [-0.25, -0.2) is 5.01 Å². The van der Waals surface area contributed by atoms with E-state index < -0.39 is 0 Å². The molecule has 0 aliphatic carbocycles. The molecule has 0 spiro atoms. The first-order valence-corrected chi connectivity index (χ1v) is 7.79. The van der Waals surface area contributed by atoms with Gasteiger partial charge in [0.2, 0.25) is 0 Å². The minimum atomic E-state index is 1.04. The predicted molar refractivity (Wildman–Crippen MR) is 99.9 cm³/mol. The van der Waals surface area contributed by atoms with Gasteiger partial charge in [-0.05, 0) is 37.5 Å². The smallest absolute Gasteiger partial charge is 0.0688 e. The lowest BCUT2D eigenvalue weighted by Gasteiger charge is -2.17. The SMILES string of the molecule is C/C(NN(C)C)=C(/C=Nc1c(C)cccc1C)c1ccccc1. The third-order valence-electron chi connectivity index (χ3n) is 3.64. The normalized spacial score (nSPS) is 12.6. The van der Waals surface area contributed by atoms with Gasteiger partial charge in [0.15, 0.2) is 0 Å². The highest BCUT2D eigenvalue weighted by atomic mass is 15.5. The monoisotopic (exact) mass is 307 g/mol. The van der Waals surface area contributed by atoms with E-state index in [1.807, 2.05) is 43.5 Å². The quantitative estimate of drug-likeness (QED) is 0.650. The van der Waals surface area contributed by atoms with Crippen LogP contribution in [0.4, 0.5) is 5.69 Å². The Morgan fingerprint density at radius 3 is 2.13 bits per heavy atom. The highest BCUT2D eigenvalue weighted by Gasteiger charge is 2.06. The molecule has 0 aliphatic rings. The maximum absolute atomic E-state index is 4.77. The van der Waals surface area contributed by atoms with Crippen molar-refractivity contribution in [3.05, 3.63) is 70.9 Å². The van der Waals surface area contributed by atoms with Gasteiger partial charge in [0.1, 0.15) is 0 Å². The van der Waals surface area contributed by atoms with Crippen LogP contribution < -0.4 is 5.43 Å². The predicted octanol–water partition coefficient (Wildman–Crippen LogP) is 4.50. The largest absolute Gasteiger partial charge is 0.323 e. The van der Waals surface area contributed by atoms with Crippen molar-refractivity contribution in [2.75, 3.05) is 14.1 Å². The number of hydrogen-bond acceptors (Lipinski definition) is 3. The van der Waals surface area contributed by atoms with Crippen molar-refractivity contribution in [3.8, 4) is 0 Å². The number of aryl methyl sites for hydroxylation is 2. The van der Waals surface area contributed by atoms with Crippen LogP contribution in [-0.2, 0) is 0 Å². The van der Waals surface area contributed by atoms with E-state index >= 15 is 0 Å². The minimum absolute atomic E-state index is 1.04. The molecule has 1 N–H and O–H groups in total. The van der Waals surface area contributed by atoms with Gasteiger partial charge in [0, 0.05) is 31.6 Å². The Bertz CT molecular complexity index is 693. The zero-order valence-electron chi connectivity index (χ0n) is 14.6. The van der Waals surface area contributed by atoms with Crippen LogP contribution >= 0.6 is 0 Å². The fourth-order valence-corrected chi connectivity index (χ4v) is 2.54. The van der Waals surface area contributed by atoms with Gasteiger partial charge in [0.05, 0.1) is 5.69 Å². The Morgan fingerprint density at radius 1 is 0.957 bits per heavy atom. The molecule has 0 amide bonds. The lowest BCUT2D eigenvalue weighted by molar-refractivity contribution is 0.329. The summed E-state index contributed by atoms with van der Waals surface area (Å²) in [5, 5.41) is 1.94. The molecule has 2 rings (SSSR count). The molecular formula is C20H25N3. The number of allylic oxidation sites excluding steroid dienone is 2. The molecule has 0 bridgehead atoms. The second-order valence-corrected chi connectivity index (χ2v) is 5.91. The second kappa shape index (κ2) is 7.75. The van der Waals surface area contributed by atoms with E-state index in [4.69, 9.17) is 4.99 Å². The van der Waals surface area contributed by atoms with Crippen molar-refractivity contribution >= 4 is 17.5 Å². The van der Waals surface area contributed by atoms with Crippen molar-refractivity contribution in [1.82, 2.24) is 10.4 Å². The van der Waals surface area contributed by atoms with Crippen LogP contribution in [0.2, 0.25) is 0 Å². The van der Waals surface area contributed by atoms with E-state index in [0.29, 0.717) is 0 Å². The molecule has 2 aromatic rings. The van der Waals surface area contributed by atoms with E-state index in [0.717, 1.165) is 22.5 Å². The van der Waals surface area contributed by atoms with Crippen LogP contribution in [0.15, 0.2) is 59.2 Å². The van der Waals surface area contributed by atoms with Crippen molar-refractivity contribution in [2.24, 2.45) is 4.99 Å². The number of nitrogens with one attached hydrogen (secondary N) is 1. The molecule has 3 nitrogen and oxygen atoms in total. The molecule has 0 saturated heterocycles. The van der Waals surface area contributed by atoms with Crippen LogP contribution in [0.5, 0.6) is 0 Å². The van der Waals surface area contributed by atoms with Crippen LogP contribution in [-0.4, -0.2) is 25.3 Å². The summed E-state index contributed by atoms with van der Waals surface area (Å²) in [4.78, 5) is 4.77. The zero-order chi connectivity index (χ0) is 16.8.